The van der Waals surface area contributed by atoms with E-state index in [-0.39, 0.29) is 5.56 Å². The van der Waals surface area contributed by atoms with Gasteiger partial charge in [-0.25, -0.2) is 4.68 Å². The van der Waals surface area contributed by atoms with Crippen LogP contribution in [-0.2, 0) is 7.05 Å². The van der Waals surface area contributed by atoms with E-state index < -0.39 is 0 Å². The fourth-order valence-corrected chi connectivity index (χ4v) is 3.89. The van der Waals surface area contributed by atoms with Gasteiger partial charge in [0.05, 0.1) is 21.7 Å². The third kappa shape index (κ3) is 2.51. The molecule has 0 radical (unpaired) electrons. The van der Waals surface area contributed by atoms with Gasteiger partial charge < -0.3 is 0 Å². The van der Waals surface area contributed by atoms with E-state index in [9.17, 15) is 4.79 Å². The van der Waals surface area contributed by atoms with Crippen LogP contribution < -0.4 is 5.56 Å². The maximum atomic E-state index is 12.7. The second-order valence-corrected chi connectivity index (χ2v) is 6.44. The summed E-state index contributed by atoms with van der Waals surface area (Å²) in [6.07, 6.45) is 3.42. The average molecular weight is 344 g/mol. The Balaban J connectivity index is 2.05. The first-order valence-corrected chi connectivity index (χ1v) is 8.46. The maximum Gasteiger partial charge on any atom is 0.275 e. The number of benzene rings is 1. The summed E-state index contributed by atoms with van der Waals surface area (Å²) in [5.74, 6) is 0. The van der Waals surface area contributed by atoms with Gasteiger partial charge in [-0.2, -0.15) is 10.4 Å². The molecule has 0 amide bonds. The number of rotatable bonds is 2. The lowest BCUT2D eigenvalue weighted by Gasteiger charge is -2.07. The predicted molar refractivity (Wildman–Crippen MR) is 98.2 cm³/mol. The summed E-state index contributed by atoms with van der Waals surface area (Å²) in [5, 5.41) is 16.2. The van der Waals surface area contributed by atoms with E-state index in [2.05, 4.69) is 16.2 Å². The molecule has 0 aliphatic heterocycles. The zero-order valence-corrected chi connectivity index (χ0v) is 14.1. The van der Waals surface area contributed by atoms with Gasteiger partial charge in [-0.05, 0) is 29.8 Å². The Morgan fingerprint density at radius 1 is 1.16 bits per heavy atom. The molecular weight excluding hydrogens is 332 g/mol. The number of nitrogens with zero attached hydrogens (tertiary/aromatic N) is 4. The molecule has 4 aromatic rings. The van der Waals surface area contributed by atoms with Gasteiger partial charge in [-0.1, -0.05) is 12.1 Å². The van der Waals surface area contributed by atoms with Gasteiger partial charge in [0.25, 0.3) is 5.56 Å². The second-order valence-electron chi connectivity index (χ2n) is 5.56. The van der Waals surface area contributed by atoms with Crippen LogP contribution >= 0.6 is 11.3 Å². The first kappa shape index (κ1) is 15.2. The van der Waals surface area contributed by atoms with Crippen LogP contribution in [0.4, 0.5) is 0 Å². The molecule has 0 unspecified atom stereocenters. The lowest BCUT2D eigenvalue weighted by atomic mass is 10.0. The van der Waals surface area contributed by atoms with E-state index in [0.717, 1.165) is 21.4 Å². The molecule has 0 aliphatic rings. The molecule has 0 saturated carbocycles. The molecule has 5 nitrogen and oxygen atoms in total. The summed E-state index contributed by atoms with van der Waals surface area (Å²) in [7, 11) is 1.65. The van der Waals surface area contributed by atoms with Crippen LogP contribution in [0.5, 0.6) is 0 Å². The number of hydrogen-bond acceptors (Lipinski definition) is 5. The van der Waals surface area contributed by atoms with Crippen LogP contribution in [0.15, 0.2) is 59.0 Å². The molecule has 25 heavy (non-hydrogen) atoms. The standard InChI is InChI=1S/C19H12N4OS/c1-23-19(24)16-15(13-5-7-21-8-6-13)11-25-18(16)17(22-23)14-4-2-3-12(9-14)10-20/h2-9,11H,1H3. The van der Waals surface area contributed by atoms with Crippen LogP contribution in [0.25, 0.3) is 32.5 Å². The van der Waals surface area contributed by atoms with Crippen LogP contribution in [0.2, 0.25) is 0 Å². The molecule has 6 heteroatoms. The third-order valence-corrected chi connectivity index (χ3v) is 5.01. The zero-order chi connectivity index (χ0) is 17.4. The number of nitriles is 1. The summed E-state index contributed by atoms with van der Waals surface area (Å²) in [5.41, 5.74) is 3.78. The normalized spacial score (nSPS) is 10.7. The largest absolute Gasteiger partial charge is 0.275 e. The van der Waals surface area contributed by atoms with E-state index in [4.69, 9.17) is 5.26 Å². The number of hydrogen-bond donors (Lipinski definition) is 0. The number of aryl methyl sites for hydroxylation is 1. The van der Waals surface area contributed by atoms with Crippen molar-refractivity contribution < 1.29 is 0 Å². The Morgan fingerprint density at radius 2 is 1.96 bits per heavy atom. The van der Waals surface area contributed by atoms with Gasteiger partial charge >= 0.3 is 0 Å². The second kappa shape index (κ2) is 5.96. The molecule has 0 bridgehead atoms. The quantitative estimate of drug-likeness (QED) is 0.557. The number of fused-ring (bicyclic) bond motifs is 1. The van der Waals surface area contributed by atoms with Crippen LogP contribution in [0, 0.1) is 11.3 Å². The van der Waals surface area contributed by atoms with Crippen LogP contribution in [0.1, 0.15) is 5.56 Å². The van der Waals surface area contributed by atoms with Crippen molar-refractivity contribution in [2.24, 2.45) is 7.05 Å². The Labute approximate surface area is 147 Å². The summed E-state index contributed by atoms with van der Waals surface area (Å²) in [6.45, 7) is 0. The Kier molecular flexibility index (Phi) is 3.64. The van der Waals surface area contributed by atoms with Crippen molar-refractivity contribution in [2.45, 2.75) is 0 Å². The first-order chi connectivity index (χ1) is 12.2. The number of thiophene rings is 1. The first-order valence-electron chi connectivity index (χ1n) is 7.58. The van der Waals surface area contributed by atoms with Gasteiger partial charge in [0.2, 0.25) is 0 Å². The van der Waals surface area contributed by atoms with Crippen LogP contribution in [0.3, 0.4) is 0 Å². The Bertz CT molecular complexity index is 1190. The van der Waals surface area contributed by atoms with Gasteiger partial charge in [-0.3, -0.25) is 9.78 Å². The molecule has 0 spiro atoms. The Hall–Kier alpha value is -3.30. The SMILES string of the molecule is Cn1nc(-c2cccc(C#N)c2)c2scc(-c3ccncc3)c2c1=O. The number of aromatic nitrogens is 3. The van der Waals surface area contributed by atoms with Gasteiger partial charge in [0.1, 0.15) is 5.69 Å². The van der Waals surface area contributed by atoms with Crippen molar-refractivity contribution in [1.29, 1.82) is 5.26 Å². The van der Waals surface area contributed by atoms with Gasteiger partial charge in [0, 0.05) is 35.9 Å². The van der Waals surface area contributed by atoms with E-state index in [0.29, 0.717) is 16.6 Å². The van der Waals surface area contributed by atoms with E-state index in [1.807, 2.05) is 29.6 Å². The highest BCUT2D eigenvalue weighted by Crippen LogP contribution is 2.36. The third-order valence-electron chi connectivity index (χ3n) is 4.02. The van der Waals surface area contributed by atoms with Gasteiger partial charge in [0.15, 0.2) is 0 Å². The predicted octanol–water partition coefficient (Wildman–Crippen LogP) is 3.60. The summed E-state index contributed by atoms with van der Waals surface area (Å²) in [6, 6.07) is 13.2. The molecular formula is C19H12N4OS. The monoisotopic (exact) mass is 344 g/mol. The summed E-state index contributed by atoms with van der Waals surface area (Å²) < 4.78 is 2.18. The molecule has 0 N–H and O–H groups in total. The topological polar surface area (TPSA) is 71.6 Å². The molecule has 0 saturated heterocycles. The fourth-order valence-electron chi connectivity index (χ4n) is 2.82. The van der Waals surface area contributed by atoms with Crippen molar-refractivity contribution in [1.82, 2.24) is 14.8 Å². The van der Waals surface area contributed by atoms with Crippen molar-refractivity contribution >= 4 is 21.4 Å². The molecule has 3 heterocycles. The molecule has 120 valence electrons. The Morgan fingerprint density at radius 3 is 2.72 bits per heavy atom. The lowest BCUT2D eigenvalue weighted by molar-refractivity contribution is 0.723. The number of pyridine rings is 1. The minimum absolute atomic E-state index is 0.136. The van der Waals surface area contributed by atoms with E-state index in [1.54, 1.807) is 31.6 Å². The van der Waals surface area contributed by atoms with Crippen molar-refractivity contribution in [3.05, 3.63) is 70.1 Å². The highest BCUT2D eigenvalue weighted by Gasteiger charge is 2.17. The van der Waals surface area contributed by atoms with Crippen molar-refractivity contribution in [2.75, 3.05) is 0 Å². The molecule has 0 fully saturated rings. The minimum Gasteiger partial charge on any atom is -0.267 e. The van der Waals surface area contributed by atoms with E-state index in [1.165, 1.54) is 16.0 Å². The van der Waals surface area contributed by atoms with Crippen LogP contribution in [-0.4, -0.2) is 14.8 Å². The lowest BCUT2D eigenvalue weighted by Crippen LogP contribution is -2.20. The minimum atomic E-state index is -0.136. The highest BCUT2D eigenvalue weighted by atomic mass is 32.1. The zero-order valence-electron chi connectivity index (χ0n) is 13.3. The molecule has 1 aromatic carbocycles. The average Bonchev–Trinajstić information content (AvgIpc) is 3.11. The highest BCUT2D eigenvalue weighted by molar-refractivity contribution is 7.18. The molecule has 4 rings (SSSR count). The van der Waals surface area contributed by atoms with Gasteiger partial charge in [-0.15, -0.1) is 11.3 Å². The van der Waals surface area contributed by atoms with E-state index >= 15 is 0 Å². The van der Waals surface area contributed by atoms with Crippen molar-refractivity contribution in [3.63, 3.8) is 0 Å². The molecule has 0 atom stereocenters. The summed E-state index contributed by atoms with van der Waals surface area (Å²) >= 11 is 1.49. The molecule has 0 aliphatic carbocycles. The van der Waals surface area contributed by atoms with Crippen molar-refractivity contribution in [3.8, 4) is 28.5 Å². The summed E-state index contributed by atoms with van der Waals surface area (Å²) in [4.78, 5) is 16.8. The maximum absolute atomic E-state index is 12.7. The molecule has 3 aromatic heterocycles. The smallest absolute Gasteiger partial charge is 0.267 e. The fraction of sp³-hybridized carbons (Fsp3) is 0.0526.